The monoisotopic (exact) mass is 1400 g/mol. The molecule has 0 bridgehead atoms. The molecule has 6 fully saturated rings. The Morgan fingerprint density at radius 1 is 0.392 bits per heavy atom. The van der Waals surface area contributed by atoms with Crippen LogP contribution in [-0.4, -0.2) is 166 Å². The molecule has 102 heavy (non-hydrogen) atoms. The maximum absolute atomic E-state index is 13.3. The van der Waals surface area contributed by atoms with Crippen molar-refractivity contribution in [3.05, 3.63) is 179 Å². The van der Waals surface area contributed by atoms with Crippen molar-refractivity contribution in [2.45, 2.75) is 217 Å². The summed E-state index contributed by atoms with van der Waals surface area (Å²) in [5.41, 5.74) is 4.61. The molecule has 6 atom stereocenters. The Kier molecular flexibility index (Phi) is 26.9. The summed E-state index contributed by atoms with van der Waals surface area (Å²) in [5.74, 6) is 3.72. The van der Waals surface area contributed by atoms with Crippen LogP contribution in [0.25, 0.3) is 0 Å². The summed E-state index contributed by atoms with van der Waals surface area (Å²) in [5, 5.41) is 0. The summed E-state index contributed by atoms with van der Waals surface area (Å²) in [6.45, 7) is 22.7. The number of nitrogens with zero attached hydrogens (tertiary/aromatic N) is 3. The summed E-state index contributed by atoms with van der Waals surface area (Å²) in [6, 6.07) is 47.4. The lowest BCUT2D eigenvalue weighted by Crippen LogP contribution is -2.52. The number of benzene rings is 6. The van der Waals surface area contributed by atoms with Gasteiger partial charge in [-0.25, -0.2) is 0 Å². The molecule has 0 aromatic heterocycles. The minimum Gasteiger partial charge on any atom is -0.493 e. The lowest BCUT2D eigenvalue weighted by Gasteiger charge is -2.49. The van der Waals surface area contributed by atoms with Gasteiger partial charge in [-0.1, -0.05) is 91.0 Å². The Morgan fingerprint density at radius 2 is 0.686 bits per heavy atom. The van der Waals surface area contributed by atoms with Gasteiger partial charge in [0.1, 0.15) is 0 Å². The second kappa shape index (κ2) is 35.7. The number of carbonyl (C=O) groups is 3. The number of methoxy groups -OCH3 is 4. The molecule has 6 saturated heterocycles. The van der Waals surface area contributed by atoms with E-state index in [1.807, 2.05) is 118 Å². The topological polar surface area (TPSA) is 172 Å². The first-order valence-electron chi connectivity index (χ1n) is 37.0. The third-order valence-electron chi connectivity index (χ3n) is 20.3. The number of hydrogen-bond donors (Lipinski definition) is 0. The van der Waals surface area contributed by atoms with Gasteiger partial charge in [0, 0.05) is 108 Å². The summed E-state index contributed by atoms with van der Waals surface area (Å²) >= 11 is 0. The van der Waals surface area contributed by atoms with Crippen molar-refractivity contribution < 1.29 is 71.2 Å². The van der Waals surface area contributed by atoms with Crippen molar-refractivity contribution in [2.75, 3.05) is 74.3 Å². The van der Waals surface area contributed by atoms with Gasteiger partial charge in [-0.2, -0.15) is 0 Å². The number of piperidine rings is 3. The van der Waals surface area contributed by atoms with Gasteiger partial charge in [-0.3, -0.25) is 14.4 Å². The van der Waals surface area contributed by atoms with Crippen LogP contribution in [0.5, 0.6) is 34.5 Å². The number of carbonyl (C=O) groups excluding carboxylic acids is 3. The van der Waals surface area contributed by atoms with Gasteiger partial charge in [0.25, 0.3) is 17.7 Å². The van der Waals surface area contributed by atoms with Crippen molar-refractivity contribution in [2.24, 2.45) is 0 Å². The molecule has 0 N–H and O–H groups in total. The van der Waals surface area contributed by atoms with Crippen LogP contribution in [0.1, 0.15) is 205 Å². The summed E-state index contributed by atoms with van der Waals surface area (Å²) in [6.07, 6.45) is 10.8. The van der Waals surface area contributed by atoms with E-state index in [9.17, 15) is 14.4 Å². The van der Waals surface area contributed by atoms with E-state index in [-0.39, 0.29) is 95.6 Å². The van der Waals surface area contributed by atoms with E-state index in [0.717, 1.165) is 77.0 Å². The first-order valence-corrected chi connectivity index (χ1v) is 37.0. The molecule has 3 spiro atoms. The average molecular weight is 1400 g/mol. The van der Waals surface area contributed by atoms with Crippen LogP contribution < -0.4 is 28.4 Å². The fourth-order valence-electron chi connectivity index (χ4n) is 15.4. The Morgan fingerprint density at radius 3 is 0.971 bits per heavy atom. The number of likely N-dealkylation sites (tertiary alicyclic amines) is 3. The molecule has 18 nitrogen and oxygen atoms in total. The first kappa shape index (κ1) is 76.9. The van der Waals surface area contributed by atoms with Crippen molar-refractivity contribution >= 4 is 17.7 Å². The van der Waals surface area contributed by atoms with Crippen LogP contribution in [0.4, 0.5) is 0 Å². The van der Waals surface area contributed by atoms with Crippen LogP contribution in [0.15, 0.2) is 146 Å². The molecule has 6 unspecified atom stereocenters. The molecule has 6 aliphatic rings. The maximum atomic E-state index is 13.3. The van der Waals surface area contributed by atoms with E-state index < -0.39 is 0 Å². The zero-order valence-electron chi connectivity index (χ0n) is 62.5. The Bertz CT molecular complexity index is 3620. The molecule has 6 heterocycles. The van der Waals surface area contributed by atoms with Crippen LogP contribution in [-0.2, 0) is 28.4 Å². The van der Waals surface area contributed by atoms with Gasteiger partial charge in [0.05, 0.1) is 99.2 Å². The minimum absolute atomic E-state index is 0.00807. The number of ether oxygens (including phenoxy) is 12. The van der Waals surface area contributed by atoms with Gasteiger partial charge in [0.2, 0.25) is 0 Å². The van der Waals surface area contributed by atoms with E-state index in [1.165, 1.54) is 16.7 Å². The van der Waals surface area contributed by atoms with Crippen molar-refractivity contribution in [3.8, 4) is 34.5 Å². The molecular weight excluding hydrogens is 1290 g/mol. The van der Waals surface area contributed by atoms with Gasteiger partial charge in [-0.05, 0) is 172 Å². The van der Waals surface area contributed by atoms with Crippen LogP contribution in [0.2, 0.25) is 0 Å². The van der Waals surface area contributed by atoms with E-state index in [4.69, 9.17) is 56.8 Å². The number of rotatable bonds is 20. The lowest BCUT2D eigenvalue weighted by molar-refractivity contribution is -0.197. The molecule has 6 aliphatic heterocycles. The fourth-order valence-corrected chi connectivity index (χ4v) is 15.4. The standard InChI is InChI=1S/C29H39NO5.C28H37NO5.C27H35NO5/c1-20(2)33-24-18-26(22-9-7-6-8-10-22)35-29(19-24)13-15-30(16-14-29)28(31)23-11-12-25(34-21(3)4)27(17-23)32-5;1-5-32-23-18-25(21-9-7-6-8-10-21)34-28(19-23)13-15-29(16-14-28)27(30)22-11-12-24(33-20(2)3)26(17-22)31-4;1-19(2)32-23-11-10-21(16-25(23)31-4)26(29)28-14-12-27(13-15-28)18-22(30-3)17-24(33-27)20-8-6-5-7-9-20/h6-12,17,20-21,24,26H,13-16,18-19H2,1-5H3;6-12,17,20,23,25H,5,13-16,18-19H2,1-4H3;5-11,16,19,22,24H,12-15,17-18H2,1-4H3. The third-order valence-corrected chi connectivity index (χ3v) is 20.3. The zero-order valence-corrected chi connectivity index (χ0v) is 62.5. The third kappa shape index (κ3) is 20.0. The highest BCUT2D eigenvalue weighted by Crippen LogP contribution is 2.48. The Hall–Kier alpha value is -7.71. The lowest BCUT2D eigenvalue weighted by atomic mass is 9.80. The fraction of sp³-hybridized carbons (Fsp3) is 0.536. The highest BCUT2D eigenvalue weighted by atomic mass is 16.6. The largest absolute Gasteiger partial charge is 0.493 e. The molecule has 6 aromatic rings. The minimum atomic E-state index is -0.276. The maximum Gasteiger partial charge on any atom is 0.253 e. The second-order valence-corrected chi connectivity index (χ2v) is 29.1. The first-order chi connectivity index (χ1) is 49.1. The molecule has 0 saturated carbocycles. The van der Waals surface area contributed by atoms with Crippen molar-refractivity contribution in [3.63, 3.8) is 0 Å². The predicted octanol–water partition coefficient (Wildman–Crippen LogP) is 16.2. The van der Waals surface area contributed by atoms with E-state index >= 15 is 0 Å². The van der Waals surface area contributed by atoms with Gasteiger partial charge in [-0.15, -0.1) is 0 Å². The summed E-state index contributed by atoms with van der Waals surface area (Å²) < 4.78 is 72.2. The molecule has 552 valence electrons. The second-order valence-electron chi connectivity index (χ2n) is 29.1. The zero-order chi connectivity index (χ0) is 72.6. The Labute approximate surface area is 605 Å². The van der Waals surface area contributed by atoms with E-state index in [0.29, 0.717) is 97.1 Å². The van der Waals surface area contributed by atoms with Gasteiger partial charge >= 0.3 is 0 Å². The predicted molar refractivity (Wildman–Crippen MR) is 395 cm³/mol. The molecule has 6 aromatic carbocycles. The molecule has 12 rings (SSSR count). The van der Waals surface area contributed by atoms with E-state index in [1.54, 1.807) is 46.6 Å². The molecular formula is C84H111N3O15. The average Bonchev–Trinajstić information content (AvgIpc) is 0.789. The number of hydrogen-bond acceptors (Lipinski definition) is 15. The summed E-state index contributed by atoms with van der Waals surface area (Å²) in [4.78, 5) is 45.6. The number of amides is 3. The highest BCUT2D eigenvalue weighted by Gasteiger charge is 2.48. The smallest absolute Gasteiger partial charge is 0.253 e. The van der Waals surface area contributed by atoms with Gasteiger partial charge < -0.3 is 71.5 Å². The highest BCUT2D eigenvalue weighted by molar-refractivity contribution is 5.96. The van der Waals surface area contributed by atoms with Crippen LogP contribution in [0, 0.1) is 0 Å². The van der Waals surface area contributed by atoms with Crippen molar-refractivity contribution in [1.29, 1.82) is 0 Å². The normalized spacial score (nSPS) is 22.1. The quantitative estimate of drug-likeness (QED) is 0.0706. The molecule has 0 radical (unpaired) electrons. The molecule has 18 heteroatoms. The SMILES string of the molecule is CCOC1CC(c2ccccc2)OC2(CCN(C(=O)c3ccc(OC(C)C)c(OC)c3)CC2)C1.COc1cc(C(=O)N2CCC3(CC2)CC(OC(C)C)CC(c2ccccc2)O3)ccc1OC(C)C.COc1cc(C(=O)N2CCC3(CC2)CC(OC)CC(c2ccccc2)O3)ccc1OC(C)C. The molecule has 0 aliphatic carbocycles. The van der Waals surface area contributed by atoms with Gasteiger partial charge in [0.15, 0.2) is 34.5 Å². The summed E-state index contributed by atoms with van der Waals surface area (Å²) in [7, 11) is 6.57. The van der Waals surface area contributed by atoms with E-state index in [2.05, 4.69) is 86.6 Å². The Balaban J connectivity index is 0.000000165. The molecule has 3 amide bonds. The van der Waals surface area contributed by atoms with Crippen LogP contribution >= 0.6 is 0 Å². The van der Waals surface area contributed by atoms with Crippen molar-refractivity contribution in [1.82, 2.24) is 14.7 Å². The van der Waals surface area contributed by atoms with Crippen LogP contribution in [0.3, 0.4) is 0 Å².